The Kier molecular flexibility index (Phi) is 15.6. The average molecular weight is 836 g/mol. The zero-order valence-electron chi connectivity index (χ0n) is 35.3. The predicted octanol–water partition coefficient (Wildman–Crippen LogP) is 3.63. The first-order valence-corrected chi connectivity index (χ1v) is 21.5. The third-order valence-corrected chi connectivity index (χ3v) is 13.0. The van der Waals surface area contributed by atoms with Crippen LogP contribution in [0.2, 0.25) is 5.02 Å². The van der Waals surface area contributed by atoms with Crippen molar-refractivity contribution in [1.82, 2.24) is 26.6 Å². The van der Waals surface area contributed by atoms with Crippen LogP contribution in [0, 0.1) is 17.3 Å². The van der Waals surface area contributed by atoms with Gasteiger partial charge >= 0.3 is 7.12 Å². The van der Waals surface area contributed by atoms with Crippen molar-refractivity contribution in [3.63, 3.8) is 0 Å². The second-order valence-electron chi connectivity index (χ2n) is 17.3. The molecule has 5 amide bonds. The Morgan fingerprint density at radius 1 is 0.712 bits per heavy atom. The molecule has 16 heteroatoms. The van der Waals surface area contributed by atoms with Crippen molar-refractivity contribution in [2.75, 3.05) is 13.1 Å². The Labute approximate surface area is 353 Å². The Hall–Kier alpha value is -4.02. The van der Waals surface area contributed by atoms with Crippen LogP contribution in [0.25, 0.3) is 11.1 Å². The molecule has 2 aromatic rings. The number of amides is 5. The van der Waals surface area contributed by atoms with E-state index in [2.05, 4.69) is 47.4 Å². The van der Waals surface area contributed by atoms with Crippen LogP contribution >= 0.6 is 11.6 Å². The van der Waals surface area contributed by atoms with Crippen molar-refractivity contribution in [3.05, 3.63) is 59.1 Å². The smallest absolute Gasteiger partial charge is 0.404 e. The van der Waals surface area contributed by atoms with Gasteiger partial charge in [0.05, 0.1) is 17.6 Å². The van der Waals surface area contributed by atoms with E-state index in [1.54, 1.807) is 31.2 Å². The summed E-state index contributed by atoms with van der Waals surface area (Å²) in [5.74, 6) is -2.06. The molecule has 3 saturated carbocycles. The summed E-state index contributed by atoms with van der Waals surface area (Å²) in [7, 11) is -0.613. The summed E-state index contributed by atoms with van der Waals surface area (Å²) < 4.78 is 12.8. The third-order valence-electron chi connectivity index (χ3n) is 12.7. The molecule has 1 aliphatic heterocycles. The minimum atomic E-state index is -1.04. The Bertz CT molecular complexity index is 1800. The van der Waals surface area contributed by atoms with Gasteiger partial charge in [-0.3, -0.25) is 24.0 Å². The van der Waals surface area contributed by atoms with Crippen LogP contribution in [0.5, 0.6) is 0 Å². The molecule has 322 valence electrons. The average Bonchev–Trinajstić information content (AvgIpc) is 3.58. The second kappa shape index (κ2) is 20.0. The maximum absolute atomic E-state index is 13.8. The van der Waals surface area contributed by atoms with Crippen molar-refractivity contribution in [2.24, 2.45) is 28.7 Å². The second-order valence-corrected chi connectivity index (χ2v) is 17.8. The topological polar surface area (TPSA) is 216 Å². The van der Waals surface area contributed by atoms with Gasteiger partial charge in [0, 0.05) is 10.6 Å². The highest BCUT2D eigenvalue weighted by molar-refractivity contribution is 6.47. The first-order chi connectivity index (χ1) is 28.0. The Morgan fingerprint density at radius 3 is 1.78 bits per heavy atom. The van der Waals surface area contributed by atoms with E-state index in [9.17, 15) is 24.0 Å². The van der Waals surface area contributed by atoms with E-state index in [0.717, 1.165) is 24.0 Å². The highest BCUT2D eigenvalue weighted by Crippen LogP contribution is 2.65. The first kappa shape index (κ1) is 46.1. The Balaban J connectivity index is 1.14. The first-order valence-electron chi connectivity index (χ1n) is 21.1. The molecular weight excluding hydrogens is 773 g/mol. The van der Waals surface area contributed by atoms with E-state index in [4.69, 9.17) is 32.4 Å². The summed E-state index contributed by atoms with van der Waals surface area (Å²) in [5.41, 5.74) is 13.4. The summed E-state index contributed by atoms with van der Waals surface area (Å²) in [6, 6.07) is 10.4. The van der Waals surface area contributed by atoms with Crippen LogP contribution in [0.4, 0.5) is 0 Å². The number of carbonyl (C=O) groups excluding carboxylic acids is 5. The Morgan fingerprint density at radius 2 is 1.22 bits per heavy atom. The number of halogens is 1. The molecule has 1 saturated heterocycles. The van der Waals surface area contributed by atoms with Crippen LogP contribution in [-0.2, 0) is 28.5 Å². The highest BCUT2D eigenvalue weighted by atomic mass is 35.5. The lowest BCUT2D eigenvalue weighted by atomic mass is 9.43. The fourth-order valence-electron chi connectivity index (χ4n) is 8.81. The molecule has 6 rings (SSSR count). The van der Waals surface area contributed by atoms with Gasteiger partial charge < -0.3 is 47.4 Å². The van der Waals surface area contributed by atoms with E-state index >= 15 is 0 Å². The van der Waals surface area contributed by atoms with Crippen molar-refractivity contribution in [3.8, 4) is 11.1 Å². The molecule has 9 atom stereocenters. The third kappa shape index (κ3) is 11.0. The van der Waals surface area contributed by atoms with Crippen LogP contribution in [0.15, 0.2) is 48.5 Å². The van der Waals surface area contributed by atoms with Gasteiger partial charge in [0.15, 0.2) is 0 Å². The highest BCUT2D eigenvalue weighted by Gasteiger charge is 2.68. The molecule has 14 nitrogen and oxygen atoms in total. The number of hydrogen-bond donors (Lipinski definition) is 7. The molecule has 0 aromatic heterocycles. The van der Waals surface area contributed by atoms with Crippen LogP contribution in [0.1, 0.15) is 103 Å². The van der Waals surface area contributed by atoms with E-state index in [1.807, 2.05) is 31.2 Å². The van der Waals surface area contributed by atoms with Gasteiger partial charge in [0.2, 0.25) is 23.6 Å². The molecule has 2 aromatic carbocycles. The summed E-state index contributed by atoms with van der Waals surface area (Å²) in [6.07, 6.45) is 4.91. The number of unbranched alkanes of at least 4 members (excludes halogenated alkanes) is 2. The van der Waals surface area contributed by atoms with Crippen molar-refractivity contribution in [1.29, 1.82) is 0 Å². The van der Waals surface area contributed by atoms with Gasteiger partial charge in [-0.25, -0.2) is 0 Å². The minimum Gasteiger partial charge on any atom is -0.404 e. The molecule has 4 aliphatic rings. The van der Waals surface area contributed by atoms with Gasteiger partial charge in [0.25, 0.3) is 5.91 Å². The lowest BCUT2D eigenvalue weighted by molar-refractivity contribution is -0.199. The number of benzene rings is 2. The lowest BCUT2D eigenvalue weighted by Gasteiger charge is -2.64. The molecular formula is C43H63BClN7O7. The van der Waals surface area contributed by atoms with Gasteiger partial charge in [-0.1, -0.05) is 49.7 Å². The van der Waals surface area contributed by atoms with Crippen molar-refractivity contribution in [2.45, 2.75) is 135 Å². The quantitative estimate of drug-likeness (QED) is 0.0765. The molecule has 0 spiro atoms. The normalized spacial score (nSPS) is 23.9. The maximum atomic E-state index is 13.8. The number of carbonyl (C=O) groups is 5. The molecule has 9 N–H and O–H groups in total. The monoisotopic (exact) mass is 835 g/mol. The zero-order valence-corrected chi connectivity index (χ0v) is 36.0. The number of hydrogen-bond acceptors (Lipinski definition) is 9. The maximum Gasteiger partial charge on any atom is 0.481 e. The summed E-state index contributed by atoms with van der Waals surface area (Å²) >= 11 is 6.03. The molecule has 3 aliphatic carbocycles. The van der Waals surface area contributed by atoms with Gasteiger partial charge in [-0.2, -0.15) is 0 Å². The lowest BCUT2D eigenvalue weighted by Crippen LogP contribution is -2.65. The van der Waals surface area contributed by atoms with Crippen molar-refractivity contribution < 1.29 is 33.3 Å². The minimum absolute atomic E-state index is 0.0279. The fraction of sp³-hybridized carbons (Fsp3) is 0.605. The standard InChI is InChI=1S/C43H63BClN7O7/c1-25(37(53)48-26(2)38(54)50-27(3)44-58-36-24-31-23-35(42(31,4)5)43(36,6)59-44)49-40(56)33(11-7-9-21-46)52-41(57)34(12-8-10-22-47)51-39(55)30-15-13-28(14-16-30)29-17-19-32(45)20-18-29/h13-20,25-27,31,33-36H,7-12,21-24,46-47H2,1-6H3,(H,48,53)(H,49,56)(H,50,54)(H,51,55)(H,52,57)/t25-,26-,27-,31-,33-,34-,35-,36?,43-/m0/s1. The predicted molar refractivity (Wildman–Crippen MR) is 229 cm³/mol. The summed E-state index contributed by atoms with van der Waals surface area (Å²) in [6.45, 7) is 12.4. The van der Waals surface area contributed by atoms with Crippen LogP contribution in [-0.4, -0.2) is 91.6 Å². The number of nitrogens with one attached hydrogen (secondary N) is 5. The van der Waals surface area contributed by atoms with Crippen molar-refractivity contribution >= 4 is 48.3 Å². The fourth-order valence-corrected chi connectivity index (χ4v) is 8.93. The number of nitrogens with two attached hydrogens (primary N) is 2. The molecule has 0 radical (unpaired) electrons. The summed E-state index contributed by atoms with van der Waals surface area (Å²) in [5, 5.41) is 14.6. The molecule has 4 fully saturated rings. The van der Waals surface area contributed by atoms with E-state index < -0.39 is 72.4 Å². The molecule has 1 unspecified atom stereocenters. The van der Waals surface area contributed by atoms with E-state index in [0.29, 0.717) is 67.6 Å². The van der Waals surface area contributed by atoms with Gasteiger partial charge in [-0.15, -0.1) is 0 Å². The summed E-state index contributed by atoms with van der Waals surface area (Å²) in [4.78, 5) is 67.3. The largest absolute Gasteiger partial charge is 0.481 e. The zero-order chi connectivity index (χ0) is 43.1. The van der Waals surface area contributed by atoms with Crippen LogP contribution < -0.4 is 38.1 Å². The number of rotatable bonds is 20. The molecule has 2 bridgehead atoms. The molecule has 59 heavy (non-hydrogen) atoms. The van der Waals surface area contributed by atoms with Gasteiger partial charge in [0.1, 0.15) is 24.2 Å². The molecule has 1 heterocycles. The van der Waals surface area contributed by atoms with Crippen LogP contribution in [0.3, 0.4) is 0 Å². The van der Waals surface area contributed by atoms with E-state index in [1.165, 1.54) is 6.92 Å². The van der Waals surface area contributed by atoms with E-state index in [-0.39, 0.29) is 17.9 Å². The SMILES string of the molecule is C[C@H](NC(=O)[C@H](C)NC(=O)[C@H](C)NC(=O)[C@H](CCCCN)NC(=O)[C@H](CCCCN)NC(=O)c1ccc(-c2ccc(Cl)cc2)cc1)B1OC2C[C@@H]3C[C@@H](C3(C)C)[C@]2(C)O1. The van der Waals surface area contributed by atoms with Gasteiger partial charge in [-0.05, 0) is 145 Å².